The molecule has 7 heteroatoms. The summed E-state index contributed by atoms with van der Waals surface area (Å²) >= 11 is 0. The van der Waals surface area contributed by atoms with Crippen molar-refractivity contribution in [2.75, 3.05) is 0 Å². The monoisotopic (exact) mass is 608 g/mol. The third-order valence-corrected chi connectivity index (χ3v) is 14.7. The van der Waals surface area contributed by atoms with Crippen LogP contribution in [0, 0.1) is 45.8 Å². The molecule has 0 amide bonds. The predicted molar refractivity (Wildman–Crippen MR) is 166 cm³/mol. The van der Waals surface area contributed by atoms with Crippen LogP contribution in [0.25, 0.3) is 0 Å². The molecule has 0 unspecified atom stereocenters. The predicted octanol–water partition coefficient (Wildman–Crippen LogP) is 4.71. The van der Waals surface area contributed by atoms with Crippen molar-refractivity contribution in [2.45, 2.75) is 128 Å². The van der Waals surface area contributed by atoms with Gasteiger partial charge >= 0.3 is 0 Å². The second-order valence-electron chi connectivity index (χ2n) is 16.4. The number of epoxide rings is 1. The molecule has 6 aliphatic rings. The van der Waals surface area contributed by atoms with Gasteiger partial charge in [-0.15, -0.1) is 0 Å². The van der Waals surface area contributed by atoms with E-state index >= 15 is 0 Å². The number of carbonyl (C=O) groups excluding carboxylic acids is 1. The summed E-state index contributed by atoms with van der Waals surface area (Å²) in [5, 5.41) is 57.9. The van der Waals surface area contributed by atoms with E-state index in [4.69, 9.17) is 4.74 Å². The van der Waals surface area contributed by atoms with Gasteiger partial charge in [0, 0.05) is 16.7 Å². The summed E-state index contributed by atoms with van der Waals surface area (Å²) in [5.74, 6) is 0.0522. The number of ketones is 1. The Morgan fingerprint density at radius 3 is 2.55 bits per heavy atom. The van der Waals surface area contributed by atoms with Gasteiger partial charge < -0.3 is 30.3 Å². The number of hydrogen-bond acceptors (Lipinski definition) is 7. The lowest BCUT2D eigenvalue weighted by atomic mass is 9.39. The number of hydrogen-bond donors (Lipinski definition) is 5. The molecular formula is C37H52O7. The number of phenols is 1. The Balaban J connectivity index is 1.32. The largest absolute Gasteiger partial charge is 0.508 e. The lowest BCUT2D eigenvalue weighted by molar-refractivity contribution is -0.193. The van der Waals surface area contributed by atoms with E-state index in [-0.39, 0.29) is 47.9 Å². The van der Waals surface area contributed by atoms with E-state index in [2.05, 4.69) is 27.7 Å². The summed E-state index contributed by atoms with van der Waals surface area (Å²) in [6.45, 7) is 10.6. The van der Waals surface area contributed by atoms with E-state index < -0.39 is 39.7 Å². The fraction of sp³-hybridized carbons (Fsp3) is 0.757. The number of aryl methyl sites for hydroxylation is 1. The van der Waals surface area contributed by atoms with Gasteiger partial charge in [0.15, 0.2) is 5.78 Å². The molecule has 7 rings (SSSR count). The number of aliphatic hydroxyl groups excluding tert-OH is 2. The summed E-state index contributed by atoms with van der Waals surface area (Å²) in [4.78, 5) is 14.0. The van der Waals surface area contributed by atoms with Gasteiger partial charge in [-0.1, -0.05) is 39.8 Å². The smallest absolute Gasteiger partial charge is 0.159 e. The number of carbonyl (C=O) groups is 1. The van der Waals surface area contributed by atoms with Crippen LogP contribution in [0.4, 0.5) is 0 Å². The Kier molecular flexibility index (Phi) is 6.92. The molecule has 1 aliphatic heterocycles. The Labute approximate surface area is 261 Å². The van der Waals surface area contributed by atoms with Gasteiger partial charge in [-0.3, -0.25) is 4.79 Å². The molecule has 0 aromatic heterocycles. The van der Waals surface area contributed by atoms with E-state index in [9.17, 15) is 30.3 Å². The number of phenolic OH excluding ortho intramolecular Hbond substituents is 1. The maximum absolute atomic E-state index is 14.0. The quantitative estimate of drug-likeness (QED) is 0.284. The number of benzene rings is 1. The molecule has 13 atom stereocenters. The molecule has 1 aromatic carbocycles. The molecule has 1 heterocycles. The van der Waals surface area contributed by atoms with Gasteiger partial charge in [0.05, 0.1) is 29.5 Å². The molecule has 7 nitrogen and oxygen atoms in total. The van der Waals surface area contributed by atoms with Crippen molar-refractivity contribution in [1.82, 2.24) is 0 Å². The normalized spacial score (nSPS) is 47.8. The van der Waals surface area contributed by atoms with Crippen molar-refractivity contribution >= 4 is 5.78 Å². The molecule has 1 aromatic rings. The Bertz CT molecular complexity index is 1370. The number of aliphatic hydroxyl groups is 4. The second kappa shape index (κ2) is 9.87. The molecular weight excluding hydrogens is 556 g/mol. The van der Waals surface area contributed by atoms with Crippen LogP contribution in [0.5, 0.6) is 5.75 Å². The first-order valence-electron chi connectivity index (χ1n) is 17.1. The Morgan fingerprint density at radius 1 is 1.09 bits per heavy atom. The fourth-order valence-electron chi connectivity index (χ4n) is 12.0. The maximum Gasteiger partial charge on any atom is 0.159 e. The van der Waals surface area contributed by atoms with Crippen LogP contribution in [0.3, 0.4) is 0 Å². The lowest BCUT2D eigenvalue weighted by Gasteiger charge is -2.66. The van der Waals surface area contributed by atoms with Crippen molar-refractivity contribution in [1.29, 1.82) is 0 Å². The third-order valence-electron chi connectivity index (χ3n) is 14.7. The first kappa shape index (κ1) is 30.9. The van der Waals surface area contributed by atoms with Gasteiger partial charge in [-0.25, -0.2) is 0 Å². The average molecular weight is 609 g/mol. The van der Waals surface area contributed by atoms with Gasteiger partial charge in [0.2, 0.25) is 0 Å². The molecule has 44 heavy (non-hydrogen) atoms. The fourth-order valence-corrected chi connectivity index (χ4v) is 12.0. The molecule has 0 bridgehead atoms. The van der Waals surface area contributed by atoms with Gasteiger partial charge in [-0.05, 0) is 123 Å². The summed E-state index contributed by atoms with van der Waals surface area (Å²) in [6, 6.07) is 7.27. The van der Waals surface area contributed by atoms with Gasteiger partial charge in [0.25, 0.3) is 0 Å². The minimum atomic E-state index is -1.30. The number of aromatic hydroxyl groups is 1. The topological polar surface area (TPSA) is 131 Å². The van der Waals surface area contributed by atoms with Crippen LogP contribution in [0.2, 0.25) is 0 Å². The highest BCUT2D eigenvalue weighted by molar-refractivity contribution is 5.95. The van der Waals surface area contributed by atoms with Crippen LogP contribution >= 0.6 is 0 Å². The van der Waals surface area contributed by atoms with Crippen LogP contribution in [0.1, 0.15) is 91.5 Å². The number of allylic oxidation sites excluding steroid dienone is 1. The molecule has 1 spiro atoms. The van der Waals surface area contributed by atoms with Crippen LogP contribution in [-0.4, -0.2) is 66.9 Å². The Morgan fingerprint density at radius 2 is 1.84 bits per heavy atom. The highest BCUT2D eigenvalue weighted by atomic mass is 16.6. The number of rotatable bonds is 7. The van der Waals surface area contributed by atoms with E-state index in [1.165, 1.54) is 0 Å². The lowest BCUT2D eigenvalue weighted by Crippen LogP contribution is -2.67. The Hall–Kier alpha value is -1.77. The van der Waals surface area contributed by atoms with Crippen molar-refractivity contribution in [2.24, 2.45) is 45.8 Å². The zero-order chi connectivity index (χ0) is 31.6. The highest BCUT2D eigenvalue weighted by Crippen LogP contribution is 2.78. The van der Waals surface area contributed by atoms with Crippen molar-refractivity contribution < 1.29 is 35.1 Å². The van der Waals surface area contributed by atoms with Crippen LogP contribution < -0.4 is 0 Å². The second-order valence-corrected chi connectivity index (χ2v) is 16.4. The molecule has 4 saturated carbocycles. The van der Waals surface area contributed by atoms with E-state index in [1.807, 2.05) is 19.1 Å². The van der Waals surface area contributed by atoms with Crippen molar-refractivity contribution in [3.63, 3.8) is 0 Å². The molecule has 5 N–H and O–H groups in total. The summed E-state index contributed by atoms with van der Waals surface area (Å²) in [7, 11) is 0. The minimum Gasteiger partial charge on any atom is -0.508 e. The van der Waals surface area contributed by atoms with E-state index in [1.54, 1.807) is 18.2 Å². The maximum atomic E-state index is 14.0. The number of fused-ring (bicyclic) bond motifs is 2. The summed E-state index contributed by atoms with van der Waals surface area (Å²) < 4.78 is 6.25. The molecule has 5 aliphatic carbocycles. The molecule has 5 fully saturated rings. The third kappa shape index (κ3) is 3.82. The molecule has 1 saturated heterocycles. The van der Waals surface area contributed by atoms with Crippen molar-refractivity contribution in [3.05, 3.63) is 41.5 Å². The highest BCUT2D eigenvalue weighted by Gasteiger charge is 2.78. The van der Waals surface area contributed by atoms with E-state index in [0.29, 0.717) is 50.4 Å². The average Bonchev–Trinajstić information content (AvgIpc) is 3.64. The van der Waals surface area contributed by atoms with Crippen LogP contribution in [0.15, 0.2) is 35.9 Å². The van der Waals surface area contributed by atoms with Crippen molar-refractivity contribution in [3.8, 4) is 5.75 Å². The SMILES string of the molecule is CC(C)[C@@H](C)[C@@H]1O[C@H]1[C@](C)(O)[C@H]1CC[C@@]2(O)C3=CC(=O)[C@@H]4C[C@@H](O)[C@@H](O)[C@@H]5CC[C@@]3(CC[C@]12CCc1cccc(O)c1)[C@]45C. The molecule has 0 radical (unpaired) electrons. The summed E-state index contributed by atoms with van der Waals surface area (Å²) in [5.41, 5.74) is -2.35. The first-order chi connectivity index (χ1) is 20.6. The van der Waals surface area contributed by atoms with Gasteiger partial charge in [-0.2, -0.15) is 0 Å². The zero-order valence-electron chi connectivity index (χ0n) is 27.0. The zero-order valence-corrected chi connectivity index (χ0v) is 27.0. The summed E-state index contributed by atoms with van der Waals surface area (Å²) in [6.07, 6.45) is 5.15. The minimum absolute atomic E-state index is 0.0300. The van der Waals surface area contributed by atoms with E-state index in [0.717, 1.165) is 24.0 Å². The standard InChI is InChI=1S/C37H52O7/c1-20(2)21(3)31-32(44-31)34(5,42)28-11-14-37(43)29-19-26(39)25-18-27(40)30(41)24-10-13-35(29,33(24,25)4)15-16-36(28,37)12-9-22-7-6-8-23(38)17-22/h6-8,17,19-21,24-25,27-28,30-32,38,40-43H,9-16,18H2,1-5H3/t21-,24+,25+,27-,28-,30+,31+,32-,33+,34-,35+,36-,37-/m1/s1. The first-order valence-corrected chi connectivity index (χ1v) is 17.1. The van der Waals surface area contributed by atoms with Crippen LogP contribution in [-0.2, 0) is 16.0 Å². The van der Waals surface area contributed by atoms with Gasteiger partial charge in [0.1, 0.15) is 11.9 Å². The molecule has 242 valence electrons. The number of ether oxygens (including phenoxy) is 1.